The molecule has 154 valence electrons. The highest BCUT2D eigenvalue weighted by atomic mass is 32.2. The fourth-order valence-electron chi connectivity index (χ4n) is 2.94. The molecule has 0 unspecified atom stereocenters. The third kappa shape index (κ3) is 5.64. The van der Waals surface area contributed by atoms with Gasteiger partial charge in [0.1, 0.15) is 0 Å². The summed E-state index contributed by atoms with van der Waals surface area (Å²) in [7, 11) is -3.81. The number of carbonyl (C=O) groups excluding carboxylic acids is 1. The highest BCUT2D eigenvalue weighted by molar-refractivity contribution is 7.89. The monoisotopic (exact) mass is 422 g/mol. The SMILES string of the molecule is O=C(C=Cc1cccc(S(=O)(=O)N(Cc2ccccc2)Cc2ccccc2)c1)NO. The molecule has 7 heteroatoms. The Bertz CT molecular complexity index is 1070. The summed E-state index contributed by atoms with van der Waals surface area (Å²) in [6.07, 6.45) is 2.56. The number of hydroxylamine groups is 1. The zero-order valence-electron chi connectivity index (χ0n) is 16.2. The van der Waals surface area contributed by atoms with Crippen LogP contribution in [-0.4, -0.2) is 23.8 Å². The first-order valence-corrected chi connectivity index (χ1v) is 10.7. The molecule has 3 aromatic carbocycles. The minimum atomic E-state index is -3.81. The first-order valence-electron chi connectivity index (χ1n) is 9.29. The molecule has 0 aromatic heterocycles. The molecule has 30 heavy (non-hydrogen) atoms. The summed E-state index contributed by atoms with van der Waals surface area (Å²) in [5, 5.41) is 8.60. The first kappa shape index (κ1) is 21.4. The second-order valence-corrected chi connectivity index (χ2v) is 8.56. The van der Waals surface area contributed by atoms with E-state index in [1.807, 2.05) is 60.7 Å². The minimum absolute atomic E-state index is 0.126. The molecular formula is C23H22N2O4S. The van der Waals surface area contributed by atoms with Gasteiger partial charge in [0.05, 0.1) is 4.90 Å². The van der Waals surface area contributed by atoms with Crippen LogP contribution >= 0.6 is 0 Å². The van der Waals surface area contributed by atoms with Crippen molar-refractivity contribution in [2.45, 2.75) is 18.0 Å². The van der Waals surface area contributed by atoms with Crippen molar-refractivity contribution in [2.75, 3.05) is 0 Å². The molecule has 0 heterocycles. The zero-order chi connectivity index (χ0) is 21.4. The fourth-order valence-corrected chi connectivity index (χ4v) is 4.41. The molecule has 0 aliphatic rings. The second kappa shape index (κ2) is 9.98. The molecule has 0 aliphatic heterocycles. The van der Waals surface area contributed by atoms with Gasteiger partial charge >= 0.3 is 0 Å². The van der Waals surface area contributed by atoms with Crippen molar-refractivity contribution in [2.24, 2.45) is 0 Å². The molecule has 0 aliphatic carbocycles. The number of sulfonamides is 1. The van der Waals surface area contributed by atoms with E-state index in [9.17, 15) is 13.2 Å². The van der Waals surface area contributed by atoms with Crippen molar-refractivity contribution < 1.29 is 18.4 Å². The van der Waals surface area contributed by atoms with Crippen molar-refractivity contribution in [3.8, 4) is 0 Å². The highest BCUT2D eigenvalue weighted by Gasteiger charge is 2.25. The molecule has 0 fully saturated rings. The quantitative estimate of drug-likeness (QED) is 0.330. The standard InChI is InChI=1S/C23H22N2O4S/c26-23(24-27)15-14-19-12-7-13-22(16-19)30(28,29)25(17-20-8-3-1-4-9-20)18-21-10-5-2-6-11-21/h1-16,27H,17-18H2,(H,24,26). The van der Waals surface area contributed by atoms with E-state index in [0.29, 0.717) is 5.56 Å². The lowest BCUT2D eigenvalue weighted by atomic mass is 10.2. The maximum Gasteiger partial charge on any atom is 0.267 e. The van der Waals surface area contributed by atoms with Crippen LogP contribution in [0.1, 0.15) is 16.7 Å². The number of benzene rings is 3. The van der Waals surface area contributed by atoms with Crippen molar-refractivity contribution >= 4 is 22.0 Å². The zero-order valence-corrected chi connectivity index (χ0v) is 17.0. The minimum Gasteiger partial charge on any atom is -0.288 e. The summed E-state index contributed by atoms with van der Waals surface area (Å²) >= 11 is 0. The molecule has 0 bridgehead atoms. The molecule has 1 amide bonds. The third-order valence-electron chi connectivity index (χ3n) is 4.44. The van der Waals surface area contributed by atoms with Crippen LogP contribution in [-0.2, 0) is 27.9 Å². The fraction of sp³-hybridized carbons (Fsp3) is 0.0870. The van der Waals surface area contributed by atoms with Gasteiger partial charge in [-0.1, -0.05) is 72.8 Å². The number of rotatable bonds is 8. The Hall–Kier alpha value is -3.26. The summed E-state index contributed by atoms with van der Waals surface area (Å²) in [6, 6.07) is 25.2. The number of hydrogen-bond acceptors (Lipinski definition) is 4. The maximum atomic E-state index is 13.5. The van der Waals surface area contributed by atoms with Crippen LogP contribution in [0.5, 0.6) is 0 Å². The molecule has 6 nitrogen and oxygen atoms in total. The Labute approximate surface area is 176 Å². The number of amides is 1. The lowest BCUT2D eigenvalue weighted by Gasteiger charge is -2.23. The van der Waals surface area contributed by atoms with Crippen molar-refractivity contribution in [3.63, 3.8) is 0 Å². The van der Waals surface area contributed by atoms with E-state index in [1.54, 1.807) is 12.1 Å². The molecule has 0 saturated heterocycles. The van der Waals surface area contributed by atoms with Gasteiger partial charge in [-0.3, -0.25) is 10.0 Å². The molecule has 0 atom stereocenters. The number of hydrogen-bond donors (Lipinski definition) is 2. The van der Waals surface area contributed by atoms with E-state index >= 15 is 0 Å². The summed E-state index contributed by atoms with van der Waals surface area (Å²) in [4.78, 5) is 11.3. The molecule has 0 spiro atoms. The Kier molecular flexibility index (Phi) is 7.13. The molecular weight excluding hydrogens is 400 g/mol. The van der Waals surface area contributed by atoms with Crippen LogP contribution < -0.4 is 5.48 Å². The molecule has 0 radical (unpaired) electrons. The van der Waals surface area contributed by atoms with Gasteiger partial charge in [0.15, 0.2) is 0 Å². The van der Waals surface area contributed by atoms with E-state index in [1.165, 1.54) is 28.0 Å². The van der Waals surface area contributed by atoms with E-state index in [4.69, 9.17) is 5.21 Å². The van der Waals surface area contributed by atoms with E-state index < -0.39 is 15.9 Å². The summed E-state index contributed by atoms with van der Waals surface area (Å²) in [6.45, 7) is 0.454. The van der Waals surface area contributed by atoms with E-state index in [-0.39, 0.29) is 18.0 Å². The third-order valence-corrected chi connectivity index (χ3v) is 6.22. The van der Waals surface area contributed by atoms with Crippen molar-refractivity contribution in [1.29, 1.82) is 0 Å². The van der Waals surface area contributed by atoms with Crippen LogP contribution in [0, 0.1) is 0 Å². The predicted molar refractivity (Wildman–Crippen MR) is 115 cm³/mol. The second-order valence-electron chi connectivity index (χ2n) is 6.63. The van der Waals surface area contributed by atoms with Crippen LogP contribution in [0.15, 0.2) is 95.9 Å². The normalized spacial score (nSPS) is 11.7. The Morgan fingerprint density at radius 3 is 1.97 bits per heavy atom. The number of nitrogens with one attached hydrogen (secondary N) is 1. The van der Waals surface area contributed by atoms with Crippen molar-refractivity contribution in [3.05, 3.63) is 108 Å². The maximum absolute atomic E-state index is 13.5. The summed E-state index contributed by atoms with van der Waals surface area (Å²) in [5.74, 6) is -0.696. The van der Waals surface area contributed by atoms with Gasteiger partial charge < -0.3 is 0 Å². The first-order chi connectivity index (χ1) is 14.5. The summed E-state index contributed by atoms with van der Waals surface area (Å²) in [5.41, 5.74) is 3.79. The lowest BCUT2D eigenvalue weighted by molar-refractivity contribution is -0.124. The molecule has 0 saturated carbocycles. The molecule has 3 rings (SSSR count). The smallest absolute Gasteiger partial charge is 0.267 e. The van der Waals surface area contributed by atoms with Gasteiger partial charge in [0, 0.05) is 19.2 Å². The topological polar surface area (TPSA) is 86.7 Å². The summed E-state index contributed by atoms with van der Waals surface area (Å²) < 4.78 is 28.4. The number of carbonyl (C=O) groups is 1. The van der Waals surface area contributed by atoms with Gasteiger partial charge in [-0.2, -0.15) is 4.31 Å². The Morgan fingerprint density at radius 2 is 1.43 bits per heavy atom. The Balaban J connectivity index is 1.94. The predicted octanol–water partition coefficient (Wildman–Crippen LogP) is 3.60. The van der Waals surface area contributed by atoms with E-state index in [2.05, 4.69) is 0 Å². The molecule has 3 aromatic rings. The van der Waals surface area contributed by atoms with Crippen molar-refractivity contribution in [1.82, 2.24) is 9.79 Å². The van der Waals surface area contributed by atoms with Crippen LogP contribution in [0.25, 0.3) is 6.08 Å². The lowest BCUT2D eigenvalue weighted by Crippen LogP contribution is -2.30. The largest absolute Gasteiger partial charge is 0.288 e. The van der Waals surface area contributed by atoms with E-state index in [0.717, 1.165) is 17.2 Å². The van der Waals surface area contributed by atoms with Gasteiger partial charge in [-0.05, 0) is 34.9 Å². The van der Waals surface area contributed by atoms with Crippen LogP contribution in [0.3, 0.4) is 0 Å². The van der Waals surface area contributed by atoms with Gasteiger partial charge in [-0.25, -0.2) is 13.9 Å². The Morgan fingerprint density at radius 1 is 0.867 bits per heavy atom. The van der Waals surface area contributed by atoms with Crippen LogP contribution in [0.4, 0.5) is 0 Å². The van der Waals surface area contributed by atoms with Gasteiger partial charge in [0.2, 0.25) is 10.0 Å². The average Bonchev–Trinajstić information content (AvgIpc) is 2.78. The molecule has 2 N–H and O–H groups in total. The highest BCUT2D eigenvalue weighted by Crippen LogP contribution is 2.22. The van der Waals surface area contributed by atoms with Gasteiger partial charge in [-0.15, -0.1) is 0 Å². The van der Waals surface area contributed by atoms with Crippen LogP contribution in [0.2, 0.25) is 0 Å². The average molecular weight is 423 g/mol. The number of nitrogens with zero attached hydrogens (tertiary/aromatic N) is 1. The van der Waals surface area contributed by atoms with Gasteiger partial charge in [0.25, 0.3) is 5.91 Å².